The summed E-state index contributed by atoms with van der Waals surface area (Å²) in [7, 11) is 0. The Morgan fingerprint density at radius 2 is 1.38 bits per heavy atom. The molecule has 1 unspecified atom stereocenters. The highest BCUT2D eigenvalue weighted by Gasteiger charge is 2.08. The summed E-state index contributed by atoms with van der Waals surface area (Å²) in [5.41, 5.74) is 0. The van der Waals surface area contributed by atoms with Crippen LogP contribution in [0.3, 0.4) is 0 Å². The van der Waals surface area contributed by atoms with Crippen molar-refractivity contribution in [3.05, 3.63) is 0 Å². The molecule has 0 heterocycles. The van der Waals surface area contributed by atoms with E-state index in [9.17, 15) is 4.79 Å². The van der Waals surface area contributed by atoms with Crippen molar-refractivity contribution in [1.82, 2.24) is 0 Å². The number of aliphatic carboxylic acids is 1. The van der Waals surface area contributed by atoms with Crippen LogP contribution in [0, 0.1) is 0 Å². The lowest BCUT2D eigenvalue weighted by atomic mass is 10.4. The maximum Gasteiger partial charge on any atom is 0.334 e. The molecular weight excluding hydrogens is 184 g/mol. The molecule has 0 aromatic rings. The lowest BCUT2D eigenvalue weighted by Crippen LogP contribution is -2.22. The van der Waals surface area contributed by atoms with Crippen LogP contribution in [0.4, 0.5) is 0 Å². The van der Waals surface area contributed by atoms with Crippen LogP contribution in [0.25, 0.3) is 0 Å². The van der Waals surface area contributed by atoms with Gasteiger partial charge in [-0.2, -0.15) is 0 Å². The Morgan fingerprint density at radius 3 is 1.38 bits per heavy atom. The Hall–Kier alpha value is -0.730. The van der Waals surface area contributed by atoms with Crippen LogP contribution < -0.4 is 0 Å². The highest BCUT2D eigenvalue weighted by molar-refractivity contribution is 5.71. The first kappa shape index (κ1) is 14.8. The van der Waals surface area contributed by atoms with Crippen LogP contribution in [0.15, 0.2) is 0 Å². The standard InChI is InChI=1S/C3H6O4.C3H8O3/c4-1-2(5)3(6)7;4-1-3(6)2-5/h2,4-5H,1H2,(H,6,7);3-6H,1-2H2. The molecule has 0 aromatic carbocycles. The fourth-order valence-electron chi connectivity index (χ4n) is 0.136. The van der Waals surface area contributed by atoms with Gasteiger partial charge in [-0.15, -0.1) is 0 Å². The van der Waals surface area contributed by atoms with Gasteiger partial charge in [-0.1, -0.05) is 0 Å². The van der Waals surface area contributed by atoms with E-state index in [1.807, 2.05) is 0 Å². The fourth-order valence-corrected chi connectivity index (χ4v) is 0.136. The van der Waals surface area contributed by atoms with Crippen molar-refractivity contribution in [3.8, 4) is 0 Å². The van der Waals surface area contributed by atoms with Gasteiger partial charge < -0.3 is 30.6 Å². The Bertz CT molecular complexity index is 122. The number of carbonyl (C=O) groups is 1. The third-order valence-electron chi connectivity index (χ3n) is 0.879. The van der Waals surface area contributed by atoms with E-state index in [2.05, 4.69) is 0 Å². The molecule has 0 saturated heterocycles. The second-order valence-electron chi connectivity index (χ2n) is 2.06. The topological polar surface area (TPSA) is 138 Å². The normalized spacial score (nSPS) is 11.8. The summed E-state index contributed by atoms with van der Waals surface area (Å²) in [5.74, 6) is -1.40. The molecule has 0 radical (unpaired) electrons. The van der Waals surface area contributed by atoms with Crippen LogP contribution in [0.5, 0.6) is 0 Å². The van der Waals surface area contributed by atoms with Crippen molar-refractivity contribution < 1.29 is 35.4 Å². The molecule has 80 valence electrons. The van der Waals surface area contributed by atoms with Gasteiger partial charge in [0, 0.05) is 0 Å². The van der Waals surface area contributed by atoms with Crippen LogP contribution in [-0.4, -0.2) is 68.6 Å². The second kappa shape index (κ2) is 9.36. The number of aliphatic hydroxyl groups is 5. The molecule has 0 aromatic heterocycles. The van der Waals surface area contributed by atoms with Crippen molar-refractivity contribution in [3.63, 3.8) is 0 Å². The Labute approximate surface area is 74.5 Å². The predicted octanol–water partition coefficient (Wildman–Crippen LogP) is -3.24. The molecular formula is C6H14O7. The van der Waals surface area contributed by atoms with E-state index in [1.54, 1.807) is 0 Å². The van der Waals surface area contributed by atoms with Gasteiger partial charge >= 0.3 is 5.97 Å². The molecule has 6 N–H and O–H groups in total. The number of hydrogen-bond acceptors (Lipinski definition) is 6. The van der Waals surface area contributed by atoms with E-state index in [4.69, 9.17) is 30.6 Å². The summed E-state index contributed by atoms with van der Waals surface area (Å²) < 4.78 is 0. The third-order valence-corrected chi connectivity index (χ3v) is 0.879. The summed E-state index contributed by atoms with van der Waals surface area (Å²) in [6.07, 6.45) is -2.58. The first-order valence-electron chi connectivity index (χ1n) is 3.41. The summed E-state index contributed by atoms with van der Waals surface area (Å²) in [6.45, 7) is -1.46. The quantitative estimate of drug-likeness (QED) is 0.279. The largest absolute Gasteiger partial charge is 0.479 e. The molecule has 0 aliphatic carbocycles. The molecule has 0 fully saturated rings. The number of aliphatic hydroxyl groups excluding tert-OH is 5. The summed E-state index contributed by atoms with van der Waals surface area (Å²) in [6, 6.07) is 0. The average Bonchev–Trinajstić information content (AvgIpc) is 2.16. The van der Waals surface area contributed by atoms with Gasteiger partial charge in [0.2, 0.25) is 0 Å². The highest BCUT2D eigenvalue weighted by Crippen LogP contribution is 1.75. The van der Waals surface area contributed by atoms with Crippen LogP contribution >= 0.6 is 0 Å². The molecule has 0 amide bonds. The second-order valence-corrected chi connectivity index (χ2v) is 2.06. The number of carboxylic acid groups (broad SMARTS) is 1. The first-order chi connectivity index (χ1) is 5.99. The zero-order valence-electron chi connectivity index (χ0n) is 6.87. The third kappa shape index (κ3) is 11.3. The summed E-state index contributed by atoms with van der Waals surface area (Å²) >= 11 is 0. The smallest absolute Gasteiger partial charge is 0.334 e. The molecule has 7 heteroatoms. The maximum atomic E-state index is 9.52. The zero-order valence-corrected chi connectivity index (χ0v) is 6.87. The molecule has 0 bridgehead atoms. The molecule has 0 aliphatic heterocycles. The fraction of sp³-hybridized carbons (Fsp3) is 0.833. The van der Waals surface area contributed by atoms with Crippen molar-refractivity contribution in [2.75, 3.05) is 19.8 Å². The van der Waals surface area contributed by atoms with Gasteiger partial charge in [-0.25, -0.2) is 4.79 Å². The minimum absolute atomic E-state index is 0.365. The van der Waals surface area contributed by atoms with Crippen LogP contribution in [-0.2, 0) is 4.79 Å². The summed E-state index contributed by atoms with van der Waals surface area (Å²) in [5, 5.41) is 47.7. The van der Waals surface area contributed by atoms with E-state index in [-0.39, 0.29) is 13.2 Å². The highest BCUT2D eigenvalue weighted by atomic mass is 16.4. The molecule has 0 rings (SSSR count). The van der Waals surface area contributed by atoms with Crippen molar-refractivity contribution in [2.45, 2.75) is 12.2 Å². The maximum absolute atomic E-state index is 9.52. The van der Waals surface area contributed by atoms with Crippen molar-refractivity contribution in [2.24, 2.45) is 0 Å². The van der Waals surface area contributed by atoms with E-state index < -0.39 is 24.8 Å². The Kier molecular flexibility index (Phi) is 10.6. The van der Waals surface area contributed by atoms with Gasteiger partial charge in [-0.05, 0) is 0 Å². The molecule has 13 heavy (non-hydrogen) atoms. The van der Waals surface area contributed by atoms with E-state index in [0.717, 1.165) is 0 Å². The van der Waals surface area contributed by atoms with Gasteiger partial charge in [0.25, 0.3) is 0 Å². The van der Waals surface area contributed by atoms with E-state index >= 15 is 0 Å². The molecule has 0 spiro atoms. The van der Waals surface area contributed by atoms with Gasteiger partial charge in [-0.3, -0.25) is 0 Å². The molecule has 0 aliphatic rings. The predicted molar refractivity (Wildman–Crippen MR) is 40.9 cm³/mol. The van der Waals surface area contributed by atoms with Gasteiger partial charge in [0.05, 0.1) is 19.8 Å². The first-order valence-corrected chi connectivity index (χ1v) is 3.41. The lowest BCUT2D eigenvalue weighted by molar-refractivity contribution is -0.148. The van der Waals surface area contributed by atoms with Crippen LogP contribution in [0.1, 0.15) is 0 Å². The molecule has 7 nitrogen and oxygen atoms in total. The Balaban J connectivity index is 0. The molecule has 1 atom stereocenters. The molecule has 0 saturated carbocycles. The minimum Gasteiger partial charge on any atom is -0.479 e. The summed E-state index contributed by atoms with van der Waals surface area (Å²) in [4.78, 5) is 9.52. The number of rotatable bonds is 4. The van der Waals surface area contributed by atoms with E-state index in [0.29, 0.717) is 0 Å². The lowest BCUT2D eigenvalue weighted by Gasteiger charge is -1.96. The monoisotopic (exact) mass is 198 g/mol. The van der Waals surface area contributed by atoms with Crippen molar-refractivity contribution in [1.29, 1.82) is 0 Å². The average molecular weight is 198 g/mol. The van der Waals surface area contributed by atoms with E-state index in [1.165, 1.54) is 0 Å². The number of carboxylic acids is 1. The Morgan fingerprint density at radius 1 is 1.00 bits per heavy atom. The SMILES string of the molecule is O=C(O)C(O)CO.OCC(O)CO. The van der Waals surface area contributed by atoms with Crippen LogP contribution in [0.2, 0.25) is 0 Å². The minimum atomic E-state index is -1.63. The van der Waals surface area contributed by atoms with Gasteiger partial charge in [0.15, 0.2) is 6.10 Å². The number of hydrogen-bond donors (Lipinski definition) is 6. The zero-order chi connectivity index (χ0) is 10.9. The van der Waals surface area contributed by atoms with Crippen molar-refractivity contribution >= 4 is 5.97 Å². The van der Waals surface area contributed by atoms with Gasteiger partial charge in [0.1, 0.15) is 6.10 Å².